The minimum absolute atomic E-state index is 0.943. The quantitative estimate of drug-likeness (QED) is 0.335. The minimum atomic E-state index is 0.943. The Labute approximate surface area is 140 Å². The van der Waals surface area contributed by atoms with Crippen LogP contribution < -0.4 is 0 Å². The standard InChI is InChI=1S/C23H16O/c1-15-10-12-16(13-11-15)20-14-21-18-7-4-5-9-22(18)24-23(21)19-8-3-2-6-17(19)20/h2-14H,1H3. The lowest BCUT2D eigenvalue weighted by Gasteiger charge is -2.08. The summed E-state index contributed by atoms with van der Waals surface area (Å²) in [5, 5.41) is 4.75. The second-order valence-electron chi connectivity index (χ2n) is 6.31. The van der Waals surface area contributed by atoms with Crippen LogP contribution in [0.15, 0.2) is 83.3 Å². The number of furan rings is 1. The molecule has 0 aliphatic carbocycles. The first-order chi connectivity index (χ1) is 11.8. The van der Waals surface area contributed by atoms with Gasteiger partial charge in [0.1, 0.15) is 11.2 Å². The van der Waals surface area contributed by atoms with Crippen LogP contribution in [0.2, 0.25) is 0 Å². The summed E-state index contributed by atoms with van der Waals surface area (Å²) in [6.45, 7) is 2.12. The lowest BCUT2D eigenvalue weighted by atomic mass is 9.95. The highest BCUT2D eigenvalue weighted by Gasteiger charge is 2.14. The Hall–Kier alpha value is -3.06. The Balaban J connectivity index is 1.97. The molecule has 24 heavy (non-hydrogen) atoms. The van der Waals surface area contributed by atoms with Gasteiger partial charge in [-0.3, -0.25) is 0 Å². The summed E-state index contributed by atoms with van der Waals surface area (Å²) in [5.41, 5.74) is 5.69. The van der Waals surface area contributed by atoms with E-state index in [1.165, 1.54) is 38.2 Å². The number of benzene rings is 4. The van der Waals surface area contributed by atoms with Crippen LogP contribution in [0.25, 0.3) is 43.8 Å². The molecule has 0 amide bonds. The number of hydrogen-bond donors (Lipinski definition) is 0. The predicted octanol–water partition coefficient (Wildman–Crippen LogP) is 6.71. The van der Waals surface area contributed by atoms with E-state index in [1.54, 1.807) is 0 Å². The van der Waals surface area contributed by atoms with Crippen molar-refractivity contribution in [2.45, 2.75) is 6.92 Å². The molecule has 0 unspecified atom stereocenters. The SMILES string of the molecule is Cc1ccc(-c2cc3c4ccccc4oc3c3ccccc23)cc1. The molecule has 1 heteroatoms. The average Bonchev–Trinajstić information content (AvgIpc) is 3.01. The molecule has 1 heterocycles. The first kappa shape index (κ1) is 13.4. The second kappa shape index (κ2) is 4.97. The molecule has 5 rings (SSSR count). The van der Waals surface area contributed by atoms with Gasteiger partial charge in [-0.25, -0.2) is 0 Å². The van der Waals surface area contributed by atoms with Crippen LogP contribution in [0.3, 0.4) is 0 Å². The molecule has 0 radical (unpaired) electrons. The highest BCUT2D eigenvalue weighted by molar-refractivity contribution is 6.19. The normalized spacial score (nSPS) is 11.5. The molecule has 0 atom stereocenters. The smallest absolute Gasteiger partial charge is 0.143 e. The number of hydrogen-bond acceptors (Lipinski definition) is 1. The van der Waals surface area contributed by atoms with Gasteiger partial charge in [0.25, 0.3) is 0 Å². The van der Waals surface area contributed by atoms with Crippen LogP contribution in [0.4, 0.5) is 0 Å². The number of fused-ring (bicyclic) bond motifs is 5. The molecule has 0 spiro atoms. The topological polar surface area (TPSA) is 13.1 Å². The Kier molecular flexibility index (Phi) is 2.77. The van der Waals surface area contributed by atoms with Gasteiger partial charge in [0.2, 0.25) is 0 Å². The molecule has 0 bridgehead atoms. The average molecular weight is 308 g/mol. The Morgan fingerprint density at radius 2 is 1.29 bits per heavy atom. The van der Waals surface area contributed by atoms with Gasteiger partial charge in [-0.15, -0.1) is 0 Å². The Bertz CT molecular complexity index is 1190. The molecule has 114 valence electrons. The van der Waals surface area contributed by atoms with Gasteiger partial charge in [0.15, 0.2) is 0 Å². The zero-order valence-electron chi connectivity index (χ0n) is 13.4. The molecule has 0 aliphatic heterocycles. The van der Waals surface area contributed by atoms with Crippen LogP contribution in [-0.2, 0) is 0 Å². The van der Waals surface area contributed by atoms with Crippen molar-refractivity contribution < 1.29 is 4.42 Å². The van der Waals surface area contributed by atoms with Crippen molar-refractivity contribution >= 4 is 32.7 Å². The lowest BCUT2D eigenvalue weighted by molar-refractivity contribution is 0.672. The molecule has 0 saturated heterocycles. The lowest BCUT2D eigenvalue weighted by Crippen LogP contribution is -1.83. The van der Waals surface area contributed by atoms with E-state index in [9.17, 15) is 0 Å². The van der Waals surface area contributed by atoms with Crippen molar-refractivity contribution in [2.75, 3.05) is 0 Å². The third-order valence-corrected chi connectivity index (χ3v) is 4.75. The van der Waals surface area contributed by atoms with Gasteiger partial charge >= 0.3 is 0 Å². The molecule has 5 aromatic rings. The molecular weight excluding hydrogens is 292 g/mol. The molecule has 0 N–H and O–H groups in total. The summed E-state index contributed by atoms with van der Waals surface area (Å²) in [6, 6.07) is 27.8. The van der Waals surface area contributed by atoms with Crippen LogP contribution in [-0.4, -0.2) is 0 Å². The van der Waals surface area contributed by atoms with Crippen molar-refractivity contribution in [1.82, 2.24) is 0 Å². The van der Waals surface area contributed by atoms with E-state index in [0.717, 1.165) is 11.2 Å². The molecule has 0 aliphatic rings. The Morgan fingerprint density at radius 1 is 0.625 bits per heavy atom. The van der Waals surface area contributed by atoms with Crippen LogP contribution in [0, 0.1) is 6.92 Å². The monoisotopic (exact) mass is 308 g/mol. The fourth-order valence-electron chi connectivity index (χ4n) is 3.52. The fourth-order valence-corrected chi connectivity index (χ4v) is 3.52. The van der Waals surface area contributed by atoms with Gasteiger partial charge in [-0.05, 0) is 35.6 Å². The number of aryl methyl sites for hydroxylation is 1. The molecule has 0 fully saturated rings. The van der Waals surface area contributed by atoms with E-state index < -0.39 is 0 Å². The molecule has 1 aromatic heterocycles. The van der Waals surface area contributed by atoms with E-state index in [2.05, 4.69) is 73.7 Å². The van der Waals surface area contributed by atoms with Crippen molar-refractivity contribution in [2.24, 2.45) is 0 Å². The number of rotatable bonds is 1. The predicted molar refractivity (Wildman–Crippen MR) is 101 cm³/mol. The van der Waals surface area contributed by atoms with Crippen LogP contribution in [0.5, 0.6) is 0 Å². The van der Waals surface area contributed by atoms with Gasteiger partial charge in [0, 0.05) is 16.2 Å². The van der Waals surface area contributed by atoms with Crippen molar-refractivity contribution in [1.29, 1.82) is 0 Å². The van der Waals surface area contributed by atoms with E-state index in [4.69, 9.17) is 4.42 Å². The van der Waals surface area contributed by atoms with Crippen LogP contribution in [0.1, 0.15) is 5.56 Å². The molecule has 1 nitrogen and oxygen atoms in total. The van der Waals surface area contributed by atoms with Gasteiger partial charge in [-0.1, -0.05) is 72.3 Å². The molecule has 4 aromatic carbocycles. The third kappa shape index (κ3) is 1.88. The summed E-state index contributed by atoms with van der Waals surface area (Å²) < 4.78 is 6.18. The van der Waals surface area contributed by atoms with E-state index >= 15 is 0 Å². The van der Waals surface area contributed by atoms with E-state index in [0.29, 0.717) is 0 Å². The van der Waals surface area contributed by atoms with E-state index in [-0.39, 0.29) is 0 Å². The maximum Gasteiger partial charge on any atom is 0.143 e. The van der Waals surface area contributed by atoms with Gasteiger partial charge in [-0.2, -0.15) is 0 Å². The van der Waals surface area contributed by atoms with Gasteiger partial charge in [0.05, 0.1) is 0 Å². The summed E-state index contributed by atoms with van der Waals surface area (Å²) in [7, 11) is 0. The van der Waals surface area contributed by atoms with Crippen molar-refractivity contribution in [3.8, 4) is 11.1 Å². The molecule has 0 saturated carbocycles. The fraction of sp³-hybridized carbons (Fsp3) is 0.0435. The maximum atomic E-state index is 6.18. The largest absolute Gasteiger partial charge is 0.455 e. The maximum absolute atomic E-state index is 6.18. The first-order valence-corrected chi connectivity index (χ1v) is 8.21. The zero-order valence-corrected chi connectivity index (χ0v) is 13.4. The summed E-state index contributed by atoms with van der Waals surface area (Å²) in [6.07, 6.45) is 0. The zero-order chi connectivity index (χ0) is 16.1. The molecular formula is C23H16O. The highest BCUT2D eigenvalue weighted by atomic mass is 16.3. The first-order valence-electron chi connectivity index (χ1n) is 8.21. The summed E-state index contributed by atoms with van der Waals surface area (Å²) in [5.74, 6) is 0. The third-order valence-electron chi connectivity index (χ3n) is 4.75. The highest BCUT2D eigenvalue weighted by Crippen LogP contribution is 2.39. The van der Waals surface area contributed by atoms with Crippen molar-refractivity contribution in [3.63, 3.8) is 0 Å². The van der Waals surface area contributed by atoms with Crippen molar-refractivity contribution in [3.05, 3.63) is 84.4 Å². The summed E-state index contributed by atoms with van der Waals surface area (Å²) >= 11 is 0. The van der Waals surface area contributed by atoms with Gasteiger partial charge < -0.3 is 4.42 Å². The summed E-state index contributed by atoms with van der Waals surface area (Å²) in [4.78, 5) is 0. The Morgan fingerprint density at radius 3 is 2.08 bits per heavy atom. The minimum Gasteiger partial charge on any atom is -0.455 e. The van der Waals surface area contributed by atoms with Crippen LogP contribution >= 0.6 is 0 Å². The second-order valence-corrected chi connectivity index (χ2v) is 6.31. The number of para-hydroxylation sites is 1. The van der Waals surface area contributed by atoms with E-state index in [1.807, 2.05) is 12.1 Å².